The lowest BCUT2D eigenvalue weighted by Gasteiger charge is -2.13. The topological polar surface area (TPSA) is 91.7 Å². The number of ether oxygens (including phenoxy) is 2. The van der Waals surface area contributed by atoms with Crippen LogP contribution in [0.4, 0.5) is 0 Å². The molecule has 0 spiro atoms. The highest BCUT2D eigenvalue weighted by Gasteiger charge is 2.29. The zero-order valence-electron chi connectivity index (χ0n) is 12.2. The van der Waals surface area contributed by atoms with E-state index in [2.05, 4.69) is 10.1 Å². The van der Waals surface area contributed by atoms with Crippen molar-refractivity contribution < 1.29 is 14.3 Å². The number of hydrogen-bond acceptors (Lipinski definition) is 6. The molecule has 1 aliphatic rings. The Morgan fingerprint density at radius 1 is 1.59 bits per heavy atom. The van der Waals surface area contributed by atoms with Crippen molar-refractivity contribution in [1.29, 1.82) is 0 Å². The predicted molar refractivity (Wildman–Crippen MR) is 80.1 cm³/mol. The van der Waals surface area contributed by atoms with Crippen LogP contribution in [0.2, 0.25) is 5.15 Å². The van der Waals surface area contributed by atoms with Gasteiger partial charge in [-0.3, -0.25) is 0 Å². The zero-order valence-corrected chi connectivity index (χ0v) is 12.9. The third-order valence-corrected chi connectivity index (χ3v) is 3.84. The maximum absolute atomic E-state index is 11.8. The molecule has 2 N–H and O–H groups in total. The van der Waals surface area contributed by atoms with Crippen molar-refractivity contribution >= 4 is 23.2 Å². The molecular formula is C14H17ClN4O3. The molecule has 118 valence electrons. The number of rotatable bonds is 6. The van der Waals surface area contributed by atoms with Crippen LogP contribution in [0.15, 0.2) is 12.4 Å². The monoisotopic (exact) mass is 324 g/mol. The van der Waals surface area contributed by atoms with Crippen molar-refractivity contribution in [2.75, 3.05) is 13.2 Å². The number of hydrogen-bond donors (Lipinski definition) is 1. The molecule has 8 heteroatoms. The van der Waals surface area contributed by atoms with Gasteiger partial charge in [0.15, 0.2) is 16.5 Å². The molecule has 1 aliphatic carbocycles. The Bertz CT molecular complexity index is 699. The highest BCUT2D eigenvalue weighted by Crippen LogP contribution is 2.32. The summed E-state index contributed by atoms with van der Waals surface area (Å²) in [6.07, 6.45) is 5.29. The summed E-state index contributed by atoms with van der Waals surface area (Å²) in [5, 5.41) is 4.25. The average molecular weight is 325 g/mol. The number of esters is 1. The first-order chi connectivity index (χ1) is 10.6. The minimum absolute atomic E-state index is 0.000483. The van der Waals surface area contributed by atoms with E-state index in [1.807, 2.05) is 0 Å². The predicted octanol–water partition coefficient (Wildman–Crippen LogP) is 1.68. The third-order valence-electron chi connectivity index (χ3n) is 3.57. The SMILES string of the molecule is CCOC(=O)c1cnn2cc(OC[C@H](N)C3CC3)c(Cl)nc12. The zero-order chi connectivity index (χ0) is 15.7. The number of nitrogens with zero attached hydrogens (tertiary/aromatic N) is 3. The summed E-state index contributed by atoms with van der Waals surface area (Å²) >= 11 is 6.12. The van der Waals surface area contributed by atoms with E-state index in [-0.39, 0.29) is 23.4 Å². The summed E-state index contributed by atoms with van der Waals surface area (Å²) < 4.78 is 12.0. The van der Waals surface area contributed by atoms with E-state index in [9.17, 15) is 4.79 Å². The minimum atomic E-state index is -0.481. The number of fused-ring (bicyclic) bond motifs is 1. The van der Waals surface area contributed by atoms with Gasteiger partial charge < -0.3 is 15.2 Å². The van der Waals surface area contributed by atoms with Crippen LogP contribution in [0.5, 0.6) is 5.75 Å². The first-order valence-electron chi connectivity index (χ1n) is 7.19. The second-order valence-electron chi connectivity index (χ2n) is 5.26. The van der Waals surface area contributed by atoms with E-state index in [1.165, 1.54) is 10.7 Å². The highest BCUT2D eigenvalue weighted by atomic mass is 35.5. The van der Waals surface area contributed by atoms with Crippen molar-refractivity contribution in [2.24, 2.45) is 11.7 Å². The van der Waals surface area contributed by atoms with E-state index in [0.29, 0.717) is 23.9 Å². The molecule has 0 radical (unpaired) electrons. The first kappa shape index (κ1) is 15.1. The van der Waals surface area contributed by atoms with Crippen molar-refractivity contribution in [3.63, 3.8) is 0 Å². The largest absolute Gasteiger partial charge is 0.487 e. The Morgan fingerprint density at radius 3 is 3.05 bits per heavy atom. The summed E-state index contributed by atoms with van der Waals surface area (Å²) in [6, 6.07) is -0.000483. The smallest absolute Gasteiger partial charge is 0.343 e. The Morgan fingerprint density at radius 2 is 2.36 bits per heavy atom. The number of halogens is 1. The fourth-order valence-corrected chi connectivity index (χ4v) is 2.35. The highest BCUT2D eigenvalue weighted by molar-refractivity contribution is 6.31. The van der Waals surface area contributed by atoms with Crippen molar-refractivity contribution in [3.8, 4) is 5.75 Å². The second kappa shape index (κ2) is 6.10. The van der Waals surface area contributed by atoms with Crippen LogP contribution in [-0.2, 0) is 4.74 Å². The van der Waals surface area contributed by atoms with Gasteiger partial charge in [-0.2, -0.15) is 5.10 Å². The second-order valence-corrected chi connectivity index (χ2v) is 5.61. The standard InChI is InChI=1S/C14H17ClN4O3/c1-2-21-14(20)9-5-17-19-6-11(12(15)18-13(9)19)22-7-10(16)8-3-4-8/h5-6,8,10H,2-4,7,16H2,1H3/t10-/m0/s1. The molecule has 0 amide bonds. The molecule has 1 atom stereocenters. The van der Waals surface area contributed by atoms with Gasteiger partial charge in [0, 0.05) is 6.04 Å². The van der Waals surface area contributed by atoms with E-state index in [4.69, 9.17) is 26.8 Å². The lowest BCUT2D eigenvalue weighted by molar-refractivity contribution is 0.0528. The molecule has 1 fully saturated rings. The van der Waals surface area contributed by atoms with Crippen LogP contribution in [0, 0.1) is 5.92 Å². The van der Waals surface area contributed by atoms with Crippen LogP contribution in [0.25, 0.3) is 5.65 Å². The van der Waals surface area contributed by atoms with Gasteiger partial charge in [0.1, 0.15) is 12.2 Å². The molecule has 0 aromatic carbocycles. The van der Waals surface area contributed by atoms with Gasteiger partial charge in [0.2, 0.25) is 0 Å². The molecule has 2 aromatic heterocycles. The minimum Gasteiger partial charge on any atom is -0.487 e. The molecule has 1 saturated carbocycles. The van der Waals surface area contributed by atoms with Gasteiger partial charge >= 0.3 is 5.97 Å². The Hall–Kier alpha value is -1.86. The summed E-state index contributed by atoms with van der Waals surface area (Å²) in [5.74, 6) is 0.449. The van der Waals surface area contributed by atoms with Gasteiger partial charge in [-0.1, -0.05) is 11.6 Å². The van der Waals surface area contributed by atoms with Crippen molar-refractivity contribution in [1.82, 2.24) is 14.6 Å². The quantitative estimate of drug-likeness (QED) is 0.642. The van der Waals surface area contributed by atoms with E-state index < -0.39 is 5.97 Å². The maximum Gasteiger partial charge on any atom is 0.343 e. The first-order valence-corrected chi connectivity index (χ1v) is 7.57. The summed E-state index contributed by atoms with van der Waals surface area (Å²) in [4.78, 5) is 16.0. The number of aromatic nitrogens is 3. The summed E-state index contributed by atoms with van der Waals surface area (Å²) in [6.45, 7) is 2.40. The van der Waals surface area contributed by atoms with Crippen molar-refractivity contribution in [3.05, 3.63) is 23.1 Å². The third kappa shape index (κ3) is 3.00. The normalized spacial score (nSPS) is 15.8. The Balaban J connectivity index is 1.81. The van der Waals surface area contributed by atoms with Crippen LogP contribution in [0.1, 0.15) is 30.1 Å². The van der Waals surface area contributed by atoms with Crippen LogP contribution in [-0.4, -0.2) is 39.8 Å². The molecular weight excluding hydrogens is 308 g/mol. The molecule has 2 aromatic rings. The molecule has 7 nitrogen and oxygen atoms in total. The number of carbonyl (C=O) groups is 1. The van der Waals surface area contributed by atoms with Crippen LogP contribution < -0.4 is 10.5 Å². The molecule has 0 aliphatic heterocycles. The molecule has 0 unspecified atom stereocenters. The van der Waals surface area contributed by atoms with Gasteiger partial charge in [-0.15, -0.1) is 0 Å². The fourth-order valence-electron chi connectivity index (χ4n) is 2.17. The van der Waals surface area contributed by atoms with Crippen molar-refractivity contribution in [2.45, 2.75) is 25.8 Å². The van der Waals surface area contributed by atoms with Gasteiger partial charge in [0.05, 0.1) is 19.0 Å². The fraction of sp³-hybridized carbons (Fsp3) is 0.500. The maximum atomic E-state index is 11.8. The molecule has 2 heterocycles. The van der Waals surface area contributed by atoms with Crippen LogP contribution >= 0.6 is 11.6 Å². The van der Waals surface area contributed by atoms with E-state index in [0.717, 1.165) is 12.8 Å². The Labute approximate surface area is 132 Å². The lowest BCUT2D eigenvalue weighted by atomic mass is 10.2. The number of carbonyl (C=O) groups excluding carboxylic acids is 1. The lowest BCUT2D eigenvalue weighted by Crippen LogP contribution is -2.30. The Kier molecular flexibility index (Phi) is 4.17. The summed E-state index contributed by atoms with van der Waals surface area (Å²) in [7, 11) is 0. The average Bonchev–Trinajstić information content (AvgIpc) is 3.26. The van der Waals surface area contributed by atoms with E-state index >= 15 is 0 Å². The molecule has 3 rings (SSSR count). The summed E-state index contributed by atoms with van der Waals surface area (Å²) in [5.41, 5.74) is 6.60. The molecule has 0 bridgehead atoms. The van der Waals surface area contributed by atoms with Gasteiger partial charge in [-0.05, 0) is 25.7 Å². The molecule has 22 heavy (non-hydrogen) atoms. The number of nitrogens with two attached hydrogens (primary N) is 1. The van der Waals surface area contributed by atoms with Gasteiger partial charge in [0.25, 0.3) is 0 Å². The van der Waals surface area contributed by atoms with E-state index in [1.54, 1.807) is 13.1 Å². The molecule has 0 saturated heterocycles. The van der Waals surface area contributed by atoms with Gasteiger partial charge in [-0.25, -0.2) is 14.3 Å². The van der Waals surface area contributed by atoms with Crippen LogP contribution in [0.3, 0.4) is 0 Å².